The zero-order valence-electron chi connectivity index (χ0n) is 9.02. The van der Waals surface area contributed by atoms with Crippen LogP contribution in [0.1, 0.15) is 20.9 Å². The average Bonchev–Trinajstić information content (AvgIpc) is 2.73. The van der Waals surface area contributed by atoms with Crippen LogP contribution in [0.15, 0.2) is 40.5 Å². The standard InChI is InChI=1S/C13H8O4/c1-16-10-6-8(14)13-11(12(10)15)7-4-2-3-5-9(7)17-13/h2-6H,1H3. The van der Waals surface area contributed by atoms with Crippen LogP contribution in [-0.2, 0) is 4.74 Å². The number of fused-ring (bicyclic) bond motifs is 3. The van der Waals surface area contributed by atoms with E-state index < -0.39 is 0 Å². The van der Waals surface area contributed by atoms with Crippen molar-refractivity contribution in [2.75, 3.05) is 7.11 Å². The number of allylic oxidation sites excluding steroid dienone is 2. The van der Waals surface area contributed by atoms with Gasteiger partial charge in [-0.05, 0) is 6.07 Å². The summed E-state index contributed by atoms with van der Waals surface area (Å²) in [7, 11) is 1.37. The lowest BCUT2D eigenvalue weighted by atomic mass is 9.98. The third-order valence-corrected chi connectivity index (χ3v) is 2.75. The average molecular weight is 228 g/mol. The van der Waals surface area contributed by atoms with E-state index in [1.165, 1.54) is 7.11 Å². The number of methoxy groups -OCH3 is 1. The predicted octanol–water partition coefficient (Wildman–Crippen LogP) is 2.34. The van der Waals surface area contributed by atoms with E-state index in [1.807, 2.05) is 0 Å². The van der Waals surface area contributed by atoms with Gasteiger partial charge in [0.05, 0.1) is 12.7 Å². The Hall–Kier alpha value is -2.36. The summed E-state index contributed by atoms with van der Waals surface area (Å²) in [6.45, 7) is 0. The minimum atomic E-state index is -0.340. The molecule has 3 rings (SSSR count). The Bertz CT molecular complexity index is 676. The molecule has 1 aromatic carbocycles. The van der Waals surface area contributed by atoms with Gasteiger partial charge < -0.3 is 9.15 Å². The van der Waals surface area contributed by atoms with Crippen molar-refractivity contribution in [1.82, 2.24) is 0 Å². The number of ketones is 2. The largest absolute Gasteiger partial charge is 0.492 e. The molecule has 0 unspecified atom stereocenters. The fraction of sp³-hybridized carbons (Fsp3) is 0.0769. The Labute approximate surface area is 96.5 Å². The van der Waals surface area contributed by atoms with Gasteiger partial charge in [0.2, 0.25) is 11.6 Å². The minimum absolute atomic E-state index is 0.0500. The molecule has 1 aliphatic rings. The van der Waals surface area contributed by atoms with Gasteiger partial charge in [0.1, 0.15) is 5.58 Å². The number of carbonyl (C=O) groups is 2. The highest BCUT2D eigenvalue weighted by molar-refractivity contribution is 6.27. The Morgan fingerprint density at radius 1 is 1.18 bits per heavy atom. The van der Waals surface area contributed by atoms with Crippen LogP contribution in [0, 0.1) is 0 Å². The predicted molar refractivity (Wildman–Crippen MR) is 60.0 cm³/mol. The zero-order chi connectivity index (χ0) is 12.0. The second-order valence-corrected chi connectivity index (χ2v) is 3.71. The van der Waals surface area contributed by atoms with Gasteiger partial charge in [-0.25, -0.2) is 0 Å². The van der Waals surface area contributed by atoms with Crippen LogP contribution in [0.5, 0.6) is 0 Å². The number of rotatable bonds is 1. The lowest BCUT2D eigenvalue weighted by Crippen LogP contribution is -2.16. The first-order valence-electron chi connectivity index (χ1n) is 5.08. The van der Waals surface area contributed by atoms with Crippen LogP contribution in [0.2, 0.25) is 0 Å². The summed E-state index contributed by atoms with van der Waals surface area (Å²) < 4.78 is 10.3. The first-order valence-corrected chi connectivity index (χ1v) is 5.08. The van der Waals surface area contributed by atoms with Crippen molar-refractivity contribution >= 4 is 22.5 Å². The number of ether oxygens (including phenoxy) is 1. The van der Waals surface area contributed by atoms with Crippen LogP contribution in [0.3, 0.4) is 0 Å². The molecule has 17 heavy (non-hydrogen) atoms. The summed E-state index contributed by atoms with van der Waals surface area (Å²) in [6.07, 6.45) is 1.16. The van der Waals surface area contributed by atoms with E-state index >= 15 is 0 Å². The molecule has 1 aromatic heterocycles. The maximum absolute atomic E-state index is 12.1. The fourth-order valence-corrected chi connectivity index (χ4v) is 1.97. The van der Waals surface area contributed by atoms with Crippen molar-refractivity contribution in [3.8, 4) is 0 Å². The van der Waals surface area contributed by atoms with E-state index in [2.05, 4.69) is 0 Å². The molecule has 1 aliphatic carbocycles. The van der Waals surface area contributed by atoms with Crippen molar-refractivity contribution in [3.05, 3.63) is 47.4 Å². The minimum Gasteiger partial charge on any atom is -0.492 e. The number of carbonyl (C=O) groups excluding carboxylic acids is 2. The maximum atomic E-state index is 12.1. The highest BCUT2D eigenvalue weighted by Gasteiger charge is 2.32. The summed E-state index contributed by atoms with van der Waals surface area (Å²) in [4.78, 5) is 23.8. The number of furan rings is 1. The zero-order valence-corrected chi connectivity index (χ0v) is 9.02. The van der Waals surface area contributed by atoms with E-state index in [9.17, 15) is 9.59 Å². The monoisotopic (exact) mass is 228 g/mol. The molecule has 0 N–H and O–H groups in total. The number of para-hydroxylation sites is 1. The molecule has 4 heteroatoms. The molecular formula is C13H8O4. The van der Waals surface area contributed by atoms with Gasteiger partial charge in [-0.2, -0.15) is 0 Å². The molecule has 0 saturated carbocycles. The third kappa shape index (κ3) is 1.24. The Balaban J connectivity index is 2.36. The van der Waals surface area contributed by atoms with Gasteiger partial charge in [0.25, 0.3) is 0 Å². The lowest BCUT2D eigenvalue weighted by molar-refractivity contribution is 0.0907. The van der Waals surface area contributed by atoms with Crippen LogP contribution in [0.25, 0.3) is 11.0 Å². The van der Waals surface area contributed by atoms with Crippen molar-refractivity contribution in [2.24, 2.45) is 0 Å². The van der Waals surface area contributed by atoms with Crippen molar-refractivity contribution in [1.29, 1.82) is 0 Å². The second kappa shape index (κ2) is 3.31. The van der Waals surface area contributed by atoms with Crippen molar-refractivity contribution in [2.45, 2.75) is 0 Å². The molecular weight excluding hydrogens is 220 g/mol. The molecule has 84 valence electrons. The normalized spacial score (nSPS) is 14.8. The van der Waals surface area contributed by atoms with Crippen molar-refractivity contribution < 1.29 is 18.7 Å². The highest BCUT2D eigenvalue weighted by atomic mass is 16.5. The molecule has 0 fully saturated rings. The van der Waals surface area contributed by atoms with Gasteiger partial charge in [0.15, 0.2) is 11.5 Å². The van der Waals surface area contributed by atoms with Crippen LogP contribution in [-0.4, -0.2) is 18.7 Å². The summed E-state index contributed by atoms with van der Waals surface area (Å²) >= 11 is 0. The molecule has 0 atom stereocenters. The summed E-state index contributed by atoms with van der Waals surface area (Å²) in [6, 6.07) is 7.06. The topological polar surface area (TPSA) is 56.5 Å². The molecule has 0 spiro atoms. The third-order valence-electron chi connectivity index (χ3n) is 2.75. The molecule has 0 radical (unpaired) electrons. The van der Waals surface area contributed by atoms with E-state index in [4.69, 9.17) is 9.15 Å². The van der Waals surface area contributed by atoms with Gasteiger partial charge in [0, 0.05) is 11.5 Å². The molecule has 2 aromatic rings. The second-order valence-electron chi connectivity index (χ2n) is 3.71. The maximum Gasteiger partial charge on any atom is 0.232 e. The van der Waals surface area contributed by atoms with E-state index in [0.717, 1.165) is 6.08 Å². The van der Waals surface area contributed by atoms with Gasteiger partial charge in [-0.15, -0.1) is 0 Å². The number of benzene rings is 1. The summed E-state index contributed by atoms with van der Waals surface area (Å²) in [5.41, 5.74) is 0.829. The molecule has 1 heterocycles. The van der Waals surface area contributed by atoms with Crippen molar-refractivity contribution in [3.63, 3.8) is 0 Å². The molecule has 0 amide bonds. The molecule has 0 aliphatic heterocycles. The SMILES string of the molecule is COC1=CC(=O)c2oc3ccccc3c2C1=O. The number of Topliss-reactive ketones (excluding diaryl/α,β-unsaturated/α-hetero) is 1. The number of hydrogen-bond acceptors (Lipinski definition) is 4. The van der Waals surface area contributed by atoms with Gasteiger partial charge in [-0.3, -0.25) is 9.59 Å². The Morgan fingerprint density at radius 3 is 2.71 bits per heavy atom. The molecule has 0 saturated heterocycles. The van der Waals surface area contributed by atoms with Gasteiger partial charge >= 0.3 is 0 Å². The first-order chi connectivity index (χ1) is 8.22. The van der Waals surface area contributed by atoms with Gasteiger partial charge in [-0.1, -0.05) is 18.2 Å². The Morgan fingerprint density at radius 2 is 1.94 bits per heavy atom. The van der Waals surface area contributed by atoms with E-state index in [0.29, 0.717) is 16.5 Å². The van der Waals surface area contributed by atoms with E-state index in [-0.39, 0.29) is 23.1 Å². The van der Waals surface area contributed by atoms with E-state index in [1.54, 1.807) is 24.3 Å². The van der Waals surface area contributed by atoms with Crippen LogP contribution in [0.4, 0.5) is 0 Å². The van der Waals surface area contributed by atoms with Crippen LogP contribution >= 0.6 is 0 Å². The summed E-state index contributed by atoms with van der Waals surface area (Å²) in [5.74, 6) is -0.509. The summed E-state index contributed by atoms with van der Waals surface area (Å²) in [5, 5.41) is 0.642. The first kappa shape index (κ1) is 9.84. The smallest absolute Gasteiger partial charge is 0.232 e. The quantitative estimate of drug-likeness (QED) is 0.751. The fourth-order valence-electron chi connectivity index (χ4n) is 1.97. The molecule has 4 nitrogen and oxygen atoms in total. The lowest BCUT2D eigenvalue weighted by Gasteiger charge is -2.08. The molecule has 0 bridgehead atoms. The van der Waals surface area contributed by atoms with Crippen LogP contribution < -0.4 is 0 Å². The Kier molecular flexibility index (Phi) is 1.92. The number of hydrogen-bond donors (Lipinski definition) is 0. The highest BCUT2D eigenvalue weighted by Crippen LogP contribution is 2.31.